The summed E-state index contributed by atoms with van der Waals surface area (Å²) in [5.74, 6) is -0.240. The number of halogens is 1. The van der Waals surface area contributed by atoms with Gasteiger partial charge in [-0.25, -0.2) is 4.39 Å². The highest BCUT2D eigenvalue weighted by Crippen LogP contribution is 2.31. The van der Waals surface area contributed by atoms with Gasteiger partial charge in [0.1, 0.15) is 5.82 Å². The van der Waals surface area contributed by atoms with E-state index >= 15 is 0 Å². The van der Waals surface area contributed by atoms with Crippen LogP contribution in [0.15, 0.2) is 29.8 Å². The lowest BCUT2D eigenvalue weighted by Crippen LogP contribution is -2.37. The van der Waals surface area contributed by atoms with Gasteiger partial charge in [0.2, 0.25) is 0 Å². The van der Waals surface area contributed by atoms with Crippen molar-refractivity contribution in [1.29, 1.82) is 0 Å². The number of ether oxygens (including phenoxy) is 1. The molecule has 1 saturated heterocycles. The summed E-state index contributed by atoms with van der Waals surface area (Å²) in [6.45, 7) is 5.24. The van der Waals surface area contributed by atoms with Gasteiger partial charge in [-0.3, -0.25) is 9.89 Å². The summed E-state index contributed by atoms with van der Waals surface area (Å²) >= 11 is 0. The van der Waals surface area contributed by atoms with Gasteiger partial charge in [0.15, 0.2) is 5.69 Å². The number of aromatic amines is 1. The van der Waals surface area contributed by atoms with Crippen LogP contribution in [0, 0.1) is 5.82 Å². The summed E-state index contributed by atoms with van der Waals surface area (Å²) in [5.41, 5.74) is 4.20. The van der Waals surface area contributed by atoms with E-state index in [1.807, 2.05) is 30.9 Å². The lowest BCUT2D eigenvalue weighted by molar-refractivity contribution is -0.00702. The van der Waals surface area contributed by atoms with Crippen LogP contribution in [0.1, 0.15) is 60.1 Å². The lowest BCUT2D eigenvalue weighted by Gasteiger charge is -2.29. The minimum Gasteiger partial charge on any atom is -0.369 e. The number of likely N-dealkylation sites (tertiary alicyclic amines) is 1. The highest BCUT2D eigenvalue weighted by atomic mass is 19.1. The first kappa shape index (κ1) is 17.9. The molecule has 0 bridgehead atoms. The molecule has 1 amide bonds. The van der Waals surface area contributed by atoms with Crippen LogP contribution < -0.4 is 0 Å². The van der Waals surface area contributed by atoms with Crippen molar-refractivity contribution in [2.75, 3.05) is 13.1 Å². The molecule has 3 heterocycles. The van der Waals surface area contributed by atoms with Crippen LogP contribution in [0.2, 0.25) is 0 Å². The Morgan fingerprint density at radius 3 is 2.78 bits per heavy atom. The van der Waals surface area contributed by atoms with Gasteiger partial charge in [-0.1, -0.05) is 29.8 Å². The van der Waals surface area contributed by atoms with Crippen molar-refractivity contribution in [3.8, 4) is 0 Å². The maximum absolute atomic E-state index is 13.8. The van der Waals surface area contributed by atoms with Crippen molar-refractivity contribution < 1.29 is 13.9 Å². The SMILES string of the molecule is C[C@@H]1Cc2c(C(=O)N3CCC(=Cc4ccccc4F)CC3)n[nH]c2[C@H](C)O1. The summed E-state index contributed by atoms with van der Waals surface area (Å²) in [4.78, 5) is 14.8. The molecule has 6 heteroatoms. The van der Waals surface area contributed by atoms with E-state index in [-0.39, 0.29) is 23.9 Å². The Kier molecular flexibility index (Phi) is 4.83. The minimum atomic E-state index is -0.211. The number of rotatable bonds is 2. The van der Waals surface area contributed by atoms with Crippen LogP contribution in [0.3, 0.4) is 0 Å². The molecule has 1 fully saturated rings. The third-order valence-corrected chi connectivity index (χ3v) is 5.39. The van der Waals surface area contributed by atoms with E-state index in [2.05, 4.69) is 10.2 Å². The van der Waals surface area contributed by atoms with Gasteiger partial charge in [-0.15, -0.1) is 0 Å². The molecule has 0 unspecified atom stereocenters. The van der Waals surface area contributed by atoms with Gasteiger partial charge >= 0.3 is 0 Å². The number of piperidine rings is 1. The molecule has 1 aromatic carbocycles. The molecule has 0 saturated carbocycles. The second-order valence-electron chi connectivity index (χ2n) is 7.37. The van der Waals surface area contributed by atoms with E-state index in [0.717, 1.165) is 24.1 Å². The average molecular weight is 369 g/mol. The van der Waals surface area contributed by atoms with Crippen LogP contribution in [-0.4, -0.2) is 40.2 Å². The molecule has 2 aliphatic rings. The summed E-state index contributed by atoms with van der Waals surface area (Å²) < 4.78 is 19.6. The number of carbonyl (C=O) groups is 1. The molecule has 142 valence electrons. The highest BCUT2D eigenvalue weighted by Gasteiger charge is 2.32. The lowest BCUT2D eigenvalue weighted by atomic mass is 9.97. The number of benzene rings is 1. The first-order valence-corrected chi connectivity index (χ1v) is 9.48. The monoisotopic (exact) mass is 369 g/mol. The third-order valence-electron chi connectivity index (χ3n) is 5.39. The number of hydrogen-bond acceptors (Lipinski definition) is 3. The maximum Gasteiger partial charge on any atom is 0.274 e. The minimum absolute atomic E-state index is 0.0289. The van der Waals surface area contributed by atoms with E-state index in [9.17, 15) is 9.18 Å². The predicted octanol–water partition coefficient (Wildman–Crippen LogP) is 3.89. The summed E-state index contributed by atoms with van der Waals surface area (Å²) in [6, 6.07) is 6.77. The molecule has 2 aliphatic heterocycles. The van der Waals surface area contributed by atoms with Crippen molar-refractivity contribution in [3.05, 3.63) is 58.2 Å². The maximum atomic E-state index is 13.8. The van der Waals surface area contributed by atoms with Crippen LogP contribution in [0.4, 0.5) is 4.39 Å². The number of fused-ring (bicyclic) bond motifs is 1. The Balaban J connectivity index is 1.46. The van der Waals surface area contributed by atoms with Gasteiger partial charge < -0.3 is 9.64 Å². The summed E-state index contributed by atoms with van der Waals surface area (Å²) in [7, 11) is 0. The Bertz CT molecular complexity index is 879. The number of nitrogens with zero attached hydrogens (tertiary/aromatic N) is 2. The number of carbonyl (C=O) groups excluding carboxylic acids is 1. The fourth-order valence-electron chi connectivity index (χ4n) is 3.95. The van der Waals surface area contributed by atoms with E-state index in [4.69, 9.17) is 4.74 Å². The molecule has 27 heavy (non-hydrogen) atoms. The van der Waals surface area contributed by atoms with Gasteiger partial charge in [0, 0.05) is 30.6 Å². The first-order chi connectivity index (χ1) is 13.0. The van der Waals surface area contributed by atoms with E-state index < -0.39 is 0 Å². The number of nitrogens with one attached hydrogen (secondary N) is 1. The summed E-state index contributed by atoms with van der Waals surface area (Å²) in [5, 5.41) is 7.28. The first-order valence-electron chi connectivity index (χ1n) is 9.48. The van der Waals surface area contributed by atoms with Gasteiger partial charge in [0.25, 0.3) is 5.91 Å². The fraction of sp³-hybridized carbons (Fsp3) is 0.429. The predicted molar refractivity (Wildman–Crippen MR) is 101 cm³/mol. The molecule has 5 nitrogen and oxygen atoms in total. The molecule has 0 spiro atoms. The second-order valence-corrected chi connectivity index (χ2v) is 7.37. The van der Waals surface area contributed by atoms with Crippen molar-refractivity contribution >= 4 is 12.0 Å². The van der Waals surface area contributed by atoms with Gasteiger partial charge in [0.05, 0.1) is 17.9 Å². The smallest absolute Gasteiger partial charge is 0.274 e. The fourth-order valence-corrected chi connectivity index (χ4v) is 3.95. The van der Waals surface area contributed by atoms with Crippen LogP contribution in [-0.2, 0) is 11.2 Å². The molecule has 2 atom stereocenters. The second kappa shape index (κ2) is 7.27. The average Bonchev–Trinajstić information content (AvgIpc) is 3.08. The highest BCUT2D eigenvalue weighted by molar-refractivity contribution is 5.94. The Hall–Kier alpha value is -2.47. The number of H-pyrrole nitrogens is 1. The third kappa shape index (κ3) is 3.54. The van der Waals surface area contributed by atoms with Crippen LogP contribution in [0.25, 0.3) is 6.08 Å². The molecule has 0 aliphatic carbocycles. The molecule has 0 radical (unpaired) electrons. The van der Waals surface area contributed by atoms with E-state index in [1.54, 1.807) is 12.1 Å². The molecule has 1 N–H and O–H groups in total. The Morgan fingerprint density at radius 2 is 2.04 bits per heavy atom. The molecule has 2 aromatic rings. The van der Waals surface area contributed by atoms with Crippen LogP contribution >= 0.6 is 0 Å². The van der Waals surface area contributed by atoms with Crippen molar-refractivity contribution in [3.63, 3.8) is 0 Å². The van der Waals surface area contributed by atoms with E-state index in [0.29, 0.717) is 30.8 Å². The Labute approximate surface area is 158 Å². The Morgan fingerprint density at radius 1 is 1.30 bits per heavy atom. The zero-order chi connectivity index (χ0) is 19.0. The number of hydrogen-bond donors (Lipinski definition) is 1. The van der Waals surface area contributed by atoms with Crippen molar-refractivity contribution in [2.45, 2.75) is 45.3 Å². The normalized spacial score (nSPS) is 22.5. The van der Waals surface area contributed by atoms with Crippen molar-refractivity contribution in [1.82, 2.24) is 15.1 Å². The van der Waals surface area contributed by atoms with Crippen LogP contribution in [0.5, 0.6) is 0 Å². The van der Waals surface area contributed by atoms with Gasteiger partial charge in [-0.2, -0.15) is 5.10 Å². The van der Waals surface area contributed by atoms with Crippen molar-refractivity contribution in [2.24, 2.45) is 0 Å². The molecular weight excluding hydrogens is 345 g/mol. The van der Waals surface area contributed by atoms with E-state index in [1.165, 1.54) is 11.6 Å². The standard InChI is InChI=1S/C21H24FN3O2/c1-13-11-17-19(14(2)27-13)23-24-20(17)21(26)25-9-7-15(8-10-25)12-16-5-3-4-6-18(16)22/h3-6,12-14H,7-11H2,1-2H3,(H,23,24)/t13-,14+/m1/s1. The number of aromatic nitrogens is 2. The number of amides is 1. The zero-order valence-electron chi connectivity index (χ0n) is 15.7. The quantitative estimate of drug-likeness (QED) is 0.874. The molecular formula is C21H24FN3O2. The molecule has 1 aromatic heterocycles. The zero-order valence-corrected chi connectivity index (χ0v) is 15.7. The summed E-state index contributed by atoms with van der Waals surface area (Å²) in [6.07, 6.45) is 4.12. The van der Waals surface area contributed by atoms with Gasteiger partial charge in [-0.05, 0) is 32.8 Å². The molecule has 4 rings (SSSR count). The topological polar surface area (TPSA) is 58.2 Å². The largest absolute Gasteiger partial charge is 0.369 e.